The Morgan fingerprint density at radius 3 is 2.56 bits per heavy atom. The highest BCUT2D eigenvalue weighted by molar-refractivity contribution is 5.70. The molecule has 0 aliphatic carbocycles. The Morgan fingerprint density at radius 2 is 2.11 bits per heavy atom. The van der Waals surface area contributed by atoms with Crippen LogP contribution in [0.15, 0.2) is 6.07 Å². The number of pyridine rings is 1. The van der Waals surface area contributed by atoms with Gasteiger partial charge in [-0.3, -0.25) is 4.79 Å². The maximum atomic E-state index is 12.1. The molecular formula is C10H10F3NO4. The Hall–Kier alpha value is -1.99. The van der Waals surface area contributed by atoms with Gasteiger partial charge in [-0.1, -0.05) is 0 Å². The minimum Gasteiger partial charge on any atom is -0.495 e. The van der Waals surface area contributed by atoms with Gasteiger partial charge < -0.3 is 14.6 Å². The van der Waals surface area contributed by atoms with Crippen molar-refractivity contribution in [2.45, 2.75) is 19.7 Å². The summed E-state index contributed by atoms with van der Waals surface area (Å²) in [4.78, 5) is 14.1. The van der Waals surface area contributed by atoms with E-state index in [1.165, 1.54) is 20.1 Å². The van der Waals surface area contributed by atoms with Crippen LogP contribution in [-0.4, -0.2) is 29.5 Å². The van der Waals surface area contributed by atoms with Gasteiger partial charge in [-0.15, -0.1) is 13.2 Å². The molecule has 0 aliphatic rings. The number of ether oxygens (including phenoxy) is 2. The second-order valence-corrected chi connectivity index (χ2v) is 3.38. The third-order valence-electron chi connectivity index (χ3n) is 1.96. The average Bonchev–Trinajstić information content (AvgIpc) is 2.19. The molecule has 8 heteroatoms. The van der Waals surface area contributed by atoms with Gasteiger partial charge in [0, 0.05) is 5.56 Å². The molecule has 0 aromatic carbocycles. The molecule has 1 rings (SSSR count). The number of hydrogen-bond acceptors (Lipinski definition) is 4. The lowest BCUT2D eigenvalue weighted by molar-refractivity contribution is -0.276. The predicted molar refractivity (Wildman–Crippen MR) is 53.5 cm³/mol. The van der Waals surface area contributed by atoms with Crippen LogP contribution >= 0.6 is 0 Å². The van der Waals surface area contributed by atoms with Crippen LogP contribution in [0.5, 0.6) is 11.6 Å². The van der Waals surface area contributed by atoms with Crippen molar-refractivity contribution in [1.82, 2.24) is 4.98 Å². The molecular weight excluding hydrogens is 255 g/mol. The molecule has 0 saturated carbocycles. The van der Waals surface area contributed by atoms with Crippen molar-refractivity contribution in [3.8, 4) is 11.6 Å². The van der Waals surface area contributed by atoms with E-state index in [0.29, 0.717) is 0 Å². The first-order valence-corrected chi connectivity index (χ1v) is 4.75. The maximum absolute atomic E-state index is 12.1. The lowest BCUT2D eigenvalue weighted by Crippen LogP contribution is -2.19. The fourth-order valence-electron chi connectivity index (χ4n) is 1.27. The van der Waals surface area contributed by atoms with Crippen LogP contribution in [0, 0.1) is 6.92 Å². The first-order chi connectivity index (χ1) is 8.23. The van der Waals surface area contributed by atoms with E-state index in [4.69, 9.17) is 9.84 Å². The largest absolute Gasteiger partial charge is 0.574 e. The number of aryl methyl sites for hydroxylation is 1. The molecule has 1 heterocycles. The van der Waals surface area contributed by atoms with Crippen molar-refractivity contribution in [2.24, 2.45) is 0 Å². The molecule has 0 unspecified atom stereocenters. The van der Waals surface area contributed by atoms with Crippen LogP contribution < -0.4 is 9.47 Å². The molecule has 18 heavy (non-hydrogen) atoms. The molecule has 0 bridgehead atoms. The Kier molecular flexibility index (Phi) is 4.00. The lowest BCUT2D eigenvalue weighted by atomic mass is 10.2. The monoisotopic (exact) mass is 265 g/mol. The van der Waals surface area contributed by atoms with Crippen LogP contribution in [0.3, 0.4) is 0 Å². The van der Waals surface area contributed by atoms with Gasteiger partial charge in [0.05, 0.1) is 19.2 Å². The van der Waals surface area contributed by atoms with Crippen molar-refractivity contribution in [3.05, 3.63) is 17.3 Å². The third kappa shape index (κ3) is 3.79. The Labute approximate surface area is 100 Å². The van der Waals surface area contributed by atoms with Crippen molar-refractivity contribution < 1.29 is 32.5 Å². The van der Waals surface area contributed by atoms with Gasteiger partial charge in [0.1, 0.15) is 5.75 Å². The summed E-state index contributed by atoms with van der Waals surface area (Å²) in [6.45, 7) is 1.35. The minimum absolute atomic E-state index is 0.0957. The highest BCUT2D eigenvalue weighted by Crippen LogP contribution is 2.29. The van der Waals surface area contributed by atoms with Gasteiger partial charge >= 0.3 is 12.3 Å². The first-order valence-electron chi connectivity index (χ1n) is 4.75. The number of nitrogens with zero attached hydrogens (tertiary/aromatic N) is 1. The predicted octanol–water partition coefficient (Wildman–Crippen LogP) is 1.92. The number of hydrogen-bond donors (Lipinski definition) is 1. The molecule has 0 atom stereocenters. The van der Waals surface area contributed by atoms with Crippen molar-refractivity contribution >= 4 is 5.97 Å². The van der Waals surface area contributed by atoms with Crippen LogP contribution in [0.4, 0.5) is 13.2 Å². The smallest absolute Gasteiger partial charge is 0.495 e. The third-order valence-corrected chi connectivity index (χ3v) is 1.96. The fourth-order valence-corrected chi connectivity index (χ4v) is 1.27. The molecule has 1 aromatic heterocycles. The molecule has 1 aromatic rings. The van der Waals surface area contributed by atoms with Crippen molar-refractivity contribution in [2.75, 3.05) is 7.11 Å². The molecule has 5 nitrogen and oxygen atoms in total. The number of carboxylic acids is 1. The standard InChI is InChI=1S/C10H10F3NO4/c1-5-3-7(17-2)6(4-8(15)16)14-9(5)18-10(11,12)13/h3H,4H2,1-2H3,(H,15,16). The summed E-state index contributed by atoms with van der Waals surface area (Å²) in [6, 6.07) is 1.24. The molecule has 0 amide bonds. The summed E-state index contributed by atoms with van der Waals surface area (Å²) in [5.41, 5.74) is -0.0341. The normalized spacial score (nSPS) is 11.2. The minimum atomic E-state index is -4.88. The molecule has 0 aliphatic heterocycles. The van der Waals surface area contributed by atoms with Crippen molar-refractivity contribution in [1.29, 1.82) is 0 Å². The van der Waals surface area contributed by atoms with E-state index in [2.05, 4.69) is 9.72 Å². The van der Waals surface area contributed by atoms with Gasteiger partial charge in [-0.2, -0.15) is 0 Å². The fraction of sp³-hybridized carbons (Fsp3) is 0.400. The van der Waals surface area contributed by atoms with E-state index in [-0.39, 0.29) is 17.0 Å². The molecule has 0 saturated heterocycles. The Balaban J connectivity index is 3.16. The summed E-state index contributed by atoms with van der Waals surface area (Å²) in [6.07, 6.45) is -5.44. The highest BCUT2D eigenvalue weighted by Gasteiger charge is 2.33. The molecule has 0 spiro atoms. The van der Waals surface area contributed by atoms with Crippen LogP contribution in [0.2, 0.25) is 0 Å². The number of rotatable bonds is 4. The van der Waals surface area contributed by atoms with Crippen LogP contribution in [0.1, 0.15) is 11.3 Å². The summed E-state index contributed by atoms with van der Waals surface area (Å²) < 4.78 is 44.8. The summed E-state index contributed by atoms with van der Waals surface area (Å²) >= 11 is 0. The zero-order valence-electron chi connectivity index (χ0n) is 9.54. The van der Waals surface area contributed by atoms with Gasteiger partial charge in [-0.05, 0) is 13.0 Å². The SMILES string of the molecule is COc1cc(C)c(OC(F)(F)F)nc1CC(=O)O. The number of carboxylic acid groups (broad SMARTS) is 1. The van der Waals surface area contributed by atoms with E-state index < -0.39 is 24.6 Å². The van der Waals surface area contributed by atoms with Crippen molar-refractivity contribution in [3.63, 3.8) is 0 Å². The van der Waals surface area contributed by atoms with Gasteiger partial charge in [0.2, 0.25) is 5.88 Å². The van der Waals surface area contributed by atoms with Gasteiger partial charge in [0.25, 0.3) is 0 Å². The number of aromatic nitrogens is 1. The zero-order chi connectivity index (χ0) is 13.9. The second kappa shape index (κ2) is 5.11. The van der Waals surface area contributed by atoms with E-state index in [9.17, 15) is 18.0 Å². The Morgan fingerprint density at radius 1 is 1.50 bits per heavy atom. The van der Waals surface area contributed by atoms with Gasteiger partial charge in [-0.25, -0.2) is 4.98 Å². The lowest BCUT2D eigenvalue weighted by Gasteiger charge is -2.13. The molecule has 0 fully saturated rings. The number of alkyl halides is 3. The van der Waals surface area contributed by atoms with E-state index in [1.54, 1.807) is 0 Å². The topological polar surface area (TPSA) is 68.7 Å². The average molecular weight is 265 g/mol. The molecule has 0 radical (unpaired) electrons. The van der Waals surface area contributed by atoms with Gasteiger partial charge in [0.15, 0.2) is 0 Å². The van der Waals surface area contributed by atoms with Crippen LogP contribution in [0.25, 0.3) is 0 Å². The Bertz CT molecular complexity index is 459. The van der Waals surface area contributed by atoms with E-state index in [1.807, 2.05) is 0 Å². The molecule has 100 valence electrons. The number of aliphatic carboxylic acids is 1. The quantitative estimate of drug-likeness (QED) is 0.900. The zero-order valence-corrected chi connectivity index (χ0v) is 9.54. The second-order valence-electron chi connectivity index (χ2n) is 3.38. The summed E-state index contributed by atoms with van der Waals surface area (Å²) in [7, 11) is 1.27. The first kappa shape index (κ1) is 14.1. The summed E-state index contributed by atoms with van der Waals surface area (Å²) in [5.74, 6) is -1.81. The molecule has 1 N–H and O–H groups in total. The number of halogens is 3. The van der Waals surface area contributed by atoms with E-state index >= 15 is 0 Å². The van der Waals surface area contributed by atoms with E-state index in [0.717, 1.165) is 0 Å². The summed E-state index contributed by atoms with van der Waals surface area (Å²) in [5, 5.41) is 8.62. The number of carbonyl (C=O) groups is 1. The maximum Gasteiger partial charge on any atom is 0.574 e. The highest BCUT2D eigenvalue weighted by atomic mass is 19.4. The van der Waals surface area contributed by atoms with Crippen LogP contribution in [-0.2, 0) is 11.2 Å². The number of methoxy groups -OCH3 is 1.